The van der Waals surface area contributed by atoms with Crippen molar-refractivity contribution in [1.29, 1.82) is 0 Å². The molecule has 1 aromatic heterocycles. The van der Waals surface area contributed by atoms with Crippen molar-refractivity contribution in [2.45, 2.75) is 45.6 Å². The number of nitrogens with one attached hydrogen (secondary N) is 1. The molecule has 102 valence electrons. The molecule has 0 spiro atoms. The van der Waals surface area contributed by atoms with Crippen LogP contribution < -0.4 is 5.32 Å². The number of aromatic nitrogens is 2. The van der Waals surface area contributed by atoms with Crippen LogP contribution in [-0.4, -0.2) is 16.8 Å². The smallest absolute Gasteiger partial charge is 0.0834 e. The number of hydrogen-bond acceptors (Lipinski definition) is 2. The summed E-state index contributed by atoms with van der Waals surface area (Å²) in [6.07, 6.45) is 6.98. The molecule has 1 fully saturated rings. The minimum absolute atomic E-state index is 0.292. The van der Waals surface area contributed by atoms with Gasteiger partial charge < -0.3 is 5.32 Å². The average Bonchev–Trinajstić information content (AvgIpc) is 2.63. The quantitative estimate of drug-likeness (QED) is 0.909. The van der Waals surface area contributed by atoms with E-state index in [4.69, 9.17) is 11.6 Å². The highest BCUT2D eigenvalue weighted by Crippen LogP contribution is 2.47. The van der Waals surface area contributed by atoms with Crippen molar-refractivity contribution in [3.8, 4) is 0 Å². The van der Waals surface area contributed by atoms with Gasteiger partial charge >= 0.3 is 0 Å². The van der Waals surface area contributed by atoms with E-state index >= 15 is 0 Å². The number of nitrogens with zero attached hydrogens (tertiary/aromatic N) is 2. The van der Waals surface area contributed by atoms with Crippen LogP contribution in [0.4, 0.5) is 0 Å². The third kappa shape index (κ3) is 2.43. The van der Waals surface area contributed by atoms with E-state index in [1.165, 1.54) is 25.7 Å². The Morgan fingerprint density at radius 2 is 2.22 bits per heavy atom. The van der Waals surface area contributed by atoms with E-state index in [1.807, 2.05) is 18.8 Å². The molecule has 1 heterocycles. The second kappa shape index (κ2) is 5.22. The van der Waals surface area contributed by atoms with Crippen LogP contribution in [0.1, 0.15) is 51.3 Å². The Kier molecular flexibility index (Phi) is 4.02. The van der Waals surface area contributed by atoms with Gasteiger partial charge in [0.25, 0.3) is 0 Å². The van der Waals surface area contributed by atoms with E-state index in [9.17, 15) is 0 Å². The fraction of sp³-hybridized carbons (Fsp3) is 0.786. The summed E-state index contributed by atoms with van der Waals surface area (Å²) >= 11 is 6.31. The molecule has 0 bridgehead atoms. The SMILES string of the molecule is CNC(c1c(Cl)cnn1C)C1CCCCC1(C)C. The summed E-state index contributed by atoms with van der Waals surface area (Å²) in [4.78, 5) is 0. The lowest BCUT2D eigenvalue weighted by Gasteiger charge is -2.43. The molecule has 2 atom stereocenters. The summed E-state index contributed by atoms with van der Waals surface area (Å²) < 4.78 is 1.91. The van der Waals surface area contributed by atoms with Crippen molar-refractivity contribution in [2.75, 3.05) is 7.05 Å². The van der Waals surface area contributed by atoms with E-state index in [0.717, 1.165) is 10.7 Å². The topological polar surface area (TPSA) is 29.9 Å². The fourth-order valence-electron chi connectivity index (χ4n) is 3.44. The highest BCUT2D eigenvalue weighted by molar-refractivity contribution is 6.31. The number of hydrogen-bond donors (Lipinski definition) is 1. The lowest BCUT2D eigenvalue weighted by molar-refractivity contribution is 0.0982. The summed E-state index contributed by atoms with van der Waals surface area (Å²) in [5.41, 5.74) is 1.48. The van der Waals surface area contributed by atoms with Gasteiger partial charge in [-0.2, -0.15) is 5.10 Å². The van der Waals surface area contributed by atoms with E-state index < -0.39 is 0 Å². The van der Waals surface area contributed by atoms with Crippen LogP contribution in [-0.2, 0) is 7.05 Å². The molecule has 1 aromatic rings. The number of rotatable bonds is 3. The Morgan fingerprint density at radius 1 is 1.50 bits per heavy atom. The maximum absolute atomic E-state index is 6.31. The zero-order valence-corrected chi connectivity index (χ0v) is 12.6. The van der Waals surface area contributed by atoms with E-state index in [2.05, 4.69) is 24.3 Å². The van der Waals surface area contributed by atoms with Crippen LogP contribution in [0.2, 0.25) is 5.02 Å². The third-order valence-corrected chi connectivity index (χ3v) is 4.83. The fourth-order valence-corrected chi connectivity index (χ4v) is 3.72. The minimum Gasteiger partial charge on any atom is -0.311 e. The molecule has 3 nitrogen and oxygen atoms in total. The Bertz CT molecular complexity index is 392. The molecule has 4 heteroatoms. The summed E-state index contributed by atoms with van der Waals surface area (Å²) in [6.45, 7) is 4.76. The summed E-state index contributed by atoms with van der Waals surface area (Å²) in [7, 11) is 4.00. The highest BCUT2D eigenvalue weighted by Gasteiger charge is 2.39. The van der Waals surface area contributed by atoms with Gasteiger partial charge in [-0.1, -0.05) is 38.3 Å². The molecule has 0 aromatic carbocycles. The average molecular weight is 270 g/mol. The number of aryl methyl sites for hydroxylation is 1. The van der Waals surface area contributed by atoms with Crippen LogP contribution in [0.25, 0.3) is 0 Å². The van der Waals surface area contributed by atoms with Gasteiger partial charge in [-0.15, -0.1) is 0 Å². The lowest BCUT2D eigenvalue weighted by atomic mass is 9.65. The zero-order chi connectivity index (χ0) is 13.3. The standard InChI is InChI=1S/C14H24ClN3/c1-14(2)8-6-5-7-10(14)12(16-3)13-11(15)9-17-18(13)4/h9-10,12,16H,5-8H2,1-4H3. The molecule has 1 aliphatic carbocycles. The van der Waals surface area contributed by atoms with Crippen LogP contribution in [0.3, 0.4) is 0 Å². The molecule has 0 radical (unpaired) electrons. The molecule has 2 unspecified atom stereocenters. The maximum Gasteiger partial charge on any atom is 0.0834 e. The largest absolute Gasteiger partial charge is 0.311 e. The normalized spacial score (nSPS) is 25.1. The first-order chi connectivity index (χ1) is 8.47. The Balaban J connectivity index is 2.33. The Labute approximate surface area is 115 Å². The zero-order valence-electron chi connectivity index (χ0n) is 11.8. The third-order valence-electron chi connectivity index (χ3n) is 4.54. The molecule has 1 saturated carbocycles. The van der Waals surface area contributed by atoms with Gasteiger partial charge in [-0.3, -0.25) is 4.68 Å². The van der Waals surface area contributed by atoms with Crippen LogP contribution in [0, 0.1) is 11.3 Å². The van der Waals surface area contributed by atoms with Gasteiger partial charge in [0.1, 0.15) is 0 Å². The Hall–Kier alpha value is -0.540. The van der Waals surface area contributed by atoms with E-state index in [-0.39, 0.29) is 0 Å². The number of halogens is 1. The minimum atomic E-state index is 0.292. The molecular weight excluding hydrogens is 246 g/mol. The van der Waals surface area contributed by atoms with Gasteiger partial charge in [-0.05, 0) is 31.2 Å². The molecule has 1 N–H and O–H groups in total. The van der Waals surface area contributed by atoms with Crippen LogP contribution in [0.5, 0.6) is 0 Å². The van der Waals surface area contributed by atoms with Crippen molar-refractivity contribution in [3.63, 3.8) is 0 Å². The molecular formula is C14H24ClN3. The summed E-state index contributed by atoms with van der Waals surface area (Å²) in [5, 5.41) is 8.51. The van der Waals surface area contributed by atoms with E-state index in [1.54, 1.807) is 6.20 Å². The van der Waals surface area contributed by atoms with Crippen molar-refractivity contribution in [1.82, 2.24) is 15.1 Å². The van der Waals surface area contributed by atoms with Gasteiger partial charge in [0.15, 0.2) is 0 Å². The van der Waals surface area contributed by atoms with Gasteiger partial charge in [-0.25, -0.2) is 0 Å². The van der Waals surface area contributed by atoms with Crippen molar-refractivity contribution in [3.05, 3.63) is 16.9 Å². The first kappa shape index (κ1) is 13.9. The monoisotopic (exact) mass is 269 g/mol. The first-order valence-corrected chi connectivity index (χ1v) is 7.20. The van der Waals surface area contributed by atoms with Crippen LogP contribution >= 0.6 is 11.6 Å². The summed E-state index contributed by atoms with van der Waals surface area (Å²) in [5.74, 6) is 0.615. The lowest BCUT2D eigenvalue weighted by Crippen LogP contribution is -2.38. The molecule has 0 saturated heterocycles. The predicted molar refractivity (Wildman–Crippen MR) is 75.8 cm³/mol. The molecule has 1 aliphatic rings. The molecule has 18 heavy (non-hydrogen) atoms. The van der Waals surface area contributed by atoms with Crippen LogP contribution in [0.15, 0.2) is 6.20 Å². The highest BCUT2D eigenvalue weighted by atomic mass is 35.5. The maximum atomic E-state index is 6.31. The van der Waals surface area contributed by atoms with Crippen molar-refractivity contribution >= 4 is 11.6 Å². The molecule has 2 rings (SSSR count). The molecule has 0 amide bonds. The first-order valence-electron chi connectivity index (χ1n) is 6.82. The van der Waals surface area contributed by atoms with Gasteiger partial charge in [0.05, 0.1) is 23.0 Å². The van der Waals surface area contributed by atoms with Gasteiger partial charge in [0, 0.05) is 7.05 Å². The second-order valence-electron chi connectivity index (χ2n) is 6.11. The Morgan fingerprint density at radius 3 is 2.72 bits per heavy atom. The predicted octanol–water partition coefficient (Wildman–Crippen LogP) is 3.55. The van der Waals surface area contributed by atoms with Gasteiger partial charge in [0.2, 0.25) is 0 Å². The van der Waals surface area contributed by atoms with E-state index in [0.29, 0.717) is 17.4 Å². The summed E-state index contributed by atoms with van der Waals surface area (Å²) in [6, 6.07) is 0.292. The van der Waals surface area contributed by atoms with Crippen molar-refractivity contribution in [2.24, 2.45) is 18.4 Å². The molecule has 0 aliphatic heterocycles. The van der Waals surface area contributed by atoms with Crippen molar-refractivity contribution < 1.29 is 0 Å². The second-order valence-corrected chi connectivity index (χ2v) is 6.52.